The van der Waals surface area contributed by atoms with Crippen LogP contribution in [0.5, 0.6) is 11.5 Å². The van der Waals surface area contributed by atoms with E-state index in [-0.39, 0.29) is 26.5 Å². The summed E-state index contributed by atoms with van der Waals surface area (Å²) in [7, 11) is 0. The van der Waals surface area contributed by atoms with E-state index in [1.165, 1.54) is 16.7 Å². The largest absolute Gasteiger partial charge is 0.510 e. The van der Waals surface area contributed by atoms with Crippen molar-refractivity contribution in [2.45, 2.75) is 26.2 Å². The van der Waals surface area contributed by atoms with Crippen molar-refractivity contribution in [1.82, 2.24) is 14.1 Å². The first kappa shape index (κ1) is 46.9. The van der Waals surface area contributed by atoms with Gasteiger partial charge in [0.2, 0.25) is 0 Å². The Labute approximate surface area is 456 Å². The van der Waals surface area contributed by atoms with Crippen LogP contribution in [0.15, 0.2) is 237 Å². The predicted molar refractivity (Wildman–Crippen MR) is 305 cm³/mol. The summed E-state index contributed by atoms with van der Waals surface area (Å²) in [4.78, 5) is 4.90. The number of ether oxygens (including phenoxy) is 1. The van der Waals surface area contributed by atoms with E-state index in [1.54, 1.807) is 0 Å². The zero-order valence-corrected chi connectivity index (χ0v) is 44.3. The number of benzene rings is 10. The molecule has 0 N–H and O–H groups in total. The molecule has 0 fully saturated rings. The van der Waals surface area contributed by atoms with Crippen molar-refractivity contribution in [3.05, 3.63) is 261 Å². The average Bonchev–Trinajstić information content (AvgIpc) is 4.02. The Hall–Kier alpha value is -8.89. The quantitative estimate of drug-likeness (QED) is 0.118. The van der Waals surface area contributed by atoms with Crippen LogP contribution in [0.4, 0.5) is 0 Å². The second-order valence-electron chi connectivity index (χ2n) is 20.4. The van der Waals surface area contributed by atoms with Gasteiger partial charge in [-0.1, -0.05) is 190 Å². The number of hydrogen-bond donors (Lipinski definition) is 0. The maximum Gasteiger partial charge on any atom is 0.268 e. The van der Waals surface area contributed by atoms with Crippen molar-refractivity contribution in [1.29, 1.82) is 0 Å². The number of hydrogen-bond acceptors (Lipinski definition) is 2. The van der Waals surface area contributed by atoms with Crippen LogP contribution in [0.3, 0.4) is 0 Å². The summed E-state index contributed by atoms with van der Waals surface area (Å²) >= 11 is 0. The van der Waals surface area contributed by atoms with Gasteiger partial charge in [0.1, 0.15) is 5.82 Å². The minimum atomic E-state index is -0.0449. The van der Waals surface area contributed by atoms with E-state index < -0.39 is 0 Å². The van der Waals surface area contributed by atoms with Crippen LogP contribution < -0.4 is 9.30 Å². The summed E-state index contributed by atoms with van der Waals surface area (Å²) in [5.41, 5.74) is 20.6. The Kier molecular flexibility index (Phi) is 11.6. The molecule has 0 amide bonds. The van der Waals surface area contributed by atoms with Crippen molar-refractivity contribution in [2.75, 3.05) is 0 Å². The van der Waals surface area contributed by atoms with Crippen molar-refractivity contribution < 1.29 is 30.4 Å². The molecular formula is C70H48N4OPt-2. The van der Waals surface area contributed by atoms with E-state index in [4.69, 9.17) is 9.72 Å². The molecular weight excluding hydrogens is 1110 g/mol. The fraction of sp³-hybridized carbons (Fsp3) is 0.0571. The number of rotatable bonds is 7. The van der Waals surface area contributed by atoms with E-state index in [0.29, 0.717) is 11.5 Å². The maximum atomic E-state index is 6.79. The topological polar surface area (TPSA) is 35.9 Å². The number of nitrogens with zero attached hydrogens (tertiary/aromatic N) is 4. The molecule has 366 valence electrons. The Morgan fingerprint density at radius 3 is 1.71 bits per heavy atom. The van der Waals surface area contributed by atoms with Crippen LogP contribution >= 0.6 is 0 Å². The minimum Gasteiger partial charge on any atom is -0.510 e. The second-order valence-corrected chi connectivity index (χ2v) is 20.4. The molecule has 4 heterocycles. The van der Waals surface area contributed by atoms with E-state index in [1.807, 2.05) is 24.4 Å². The Balaban J connectivity index is 0.00000553. The van der Waals surface area contributed by atoms with Gasteiger partial charge in [-0.25, -0.2) is 4.98 Å². The molecule has 76 heavy (non-hydrogen) atoms. The first-order valence-corrected chi connectivity index (χ1v) is 25.5. The standard InChI is InChI=1S/C70H48N4O.Pt/c1-70(2,3)51-37-38-71-67(42-51)74-64-33-15-14-29-60(64)61-36-35-54(44-66(61)74)75-53-24-16-23-52(43-53)72-45-73-68-55(50-40-48(46-19-6-4-7-20-46)39-49(41-50)47-21-8-5-9-22-47)30-17-31-62(68)58-27-12-10-25-56(58)57-26-11-13-28-59(57)63-32-18-34-65(72)69(63)73;/h4-42H,1-3H3;/q-2;. The molecule has 10 aromatic carbocycles. The molecule has 1 aliphatic heterocycles. The average molecular weight is 1160 g/mol. The number of aromatic nitrogens is 4. The molecule has 14 rings (SSSR count). The number of pyridine rings is 1. The molecule has 0 bridgehead atoms. The van der Waals surface area contributed by atoms with E-state index in [9.17, 15) is 0 Å². The Morgan fingerprint density at radius 2 is 1.00 bits per heavy atom. The molecule has 5 nitrogen and oxygen atoms in total. The summed E-state index contributed by atoms with van der Waals surface area (Å²) in [6.45, 7) is 6.69. The molecule has 6 heteroatoms. The Morgan fingerprint density at radius 1 is 0.447 bits per heavy atom. The van der Waals surface area contributed by atoms with E-state index >= 15 is 0 Å². The first-order valence-electron chi connectivity index (χ1n) is 25.5. The van der Waals surface area contributed by atoms with Crippen LogP contribution in [0.2, 0.25) is 0 Å². The van der Waals surface area contributed by atoms with Gasteiger partial charge < -0.3 is 13.9 Å². The van der Waals surface area contributed by atoms with Crippen molar-refractivity contribution in [3.8, 4) is 95.5 Å². The smallest absolute Gasteiger partial charge is 0.268 e. The van der Waals surface area contributed by atoms with Crippen molar-refractivity contribution in [2.24, 2.45) is 0 Å². The zero-order chi connectivity index (χ0) is 50.2. The van der Waals surface area contributed by atoms with Gasteiger partial charge in [0.25, 0.3) is 6.33 Å². The summed E-state index contributed by atoms with van der Waals surface area (Å²) in [6.07, 6.45) is 5.87. The summed E-state index contributed by atoms with van der Waals surface area (Å²) in [6, 6.07) is 89.6. The maximum absolute atomic E-state index is 6.79. The van der Waals surface area contributed by atoms with Gasteiger partial charge in [-0.05, 0) is 125 Å². The van der Waals surface area contributed by atoms with Crippen molar-refractivity contribution >= 4 is 32.8 Å². The molecule has 0 unspecified atom stereocenters. The Bertz CT molecular complexity index is 4320. The van der Waals surface area contributed by atoms with Crippen LogP contribution in [0, 0.1) is 18.5 Å². The van der Waals surface area contributed by atoms with Gasteiger partial charge >= 0.3 is 0 Å². The zero-order valence-electron chi connectivity index (χ0n) is 42.0. The number of imidazole rings is 1. The monoisotopic (exact) mass is 1160 g/mol. The second kappa shape index (κ2) is 18.8. The number of fused-ring (bicyclic) bond motifs is 10. The first-order chi connectivity index (χ1) is 36.8. The van der Waals surface area contributed by atoms with Gasteiger partial charge in [-0.15, -0.1) is 29.7 Å². The molecule has 0 saturated heterocycles. The van der Waals surface area contributed by atoms with Crippen molar-refractivity contribution in [3.63, 3.8) is 0 Å². The summed E-state index contributed by atoms with van der Waals surface area (Å²) < 4.78 is 13.4. The molecule has 0 spiro atoms. The van der Waals surface area contributed by atoms with Crippen LogP contribution in [0.25, 0.3) is 117 Å². The van der Waals surface area contributed by atoms with Crippen LogP contribution in [0.1, 0.15) is 26.3 Å². The third-order valence-corrected chi connectivity index (χ3v) is 14.7. The molecule has 3 aromatic heterocycles. The molecule has 0 aliphatic carbocycles. The predicted octanol–water partition coefficient (Wildman–Crippen LogP) is 17.2. The normalized spacial score (nSPS) is 11.8. The van der Waals surface area contributed by atoms with Gasteiger partial charge in [0.15, 0.2) is 0 Å². The molecule has 0 radical (unpaired) electrons. The fourth-order valence-corrected chi connectivity index (χ4v) is 11.2. The van der Waals surface area contributed by atoms with Gasteiger partial charge in [-0.3, -0.25) is 4.57 Å². The minimum absolute atomic E-state index is 0. The van der Waals surface area contributed by atoms with Crippen LogP contribution in [-0.2, 0) is 26.5 Å². The number of para-hydroxylation sites is 3. The molecule has 13 aromatic rings. The fourth-order valence-electron chi connectivity index (χ4n) is 11.2. The van der Waals surface area contributed by atoms with Gasteiger partial charge in [0, 0.05) is 44.3 Å². The van der Waals surface area contributed by atoms with Crippen LogP contribution in [-0.4, -0.2) is 14.1 Å². The summed E-state index contributed by atoms with van der Waals surface area (Å²) in [5, 5.41) is 2.21. The molecule has 0 saturated carbocycles. The SMILES string of the molecule is CC(C)(C)c1ccnc(-n2c3[c-]c(Oc4[c-]c(-n5[c-][n+]6c7c(cccc75)-c5ccccc5-c5ccccc5-c5cccc(-c7cc(-c8ccccc8)cc(-c8ccccc8)c7)c5-6)ccc4)ccc3c3ccccc32)c1.[Pt]. The third kappa shape index (κ3) is 7.98. The van der Waals surface area contributed by atoms with E-state index in [0.717, 1.165) is 106 Å². The molecule has 0 atom stereocenters. The van der Waals surface area contributed by atoms with Gasteiger partial charge in [-0.2, -0.15) is 18.2 Å². The van der Waals surface area contributed by atoms with Gasteiger partial charge in [0.05, 0.1) is 16.7 Å². The third-order valence-electron chi connectivity index (χ3n) is 14.7. The summed E-state index contributed by atoms with van der Waals surface area (Å²) in [5.74, 6) is 1.98. The molecule has 1 aliphatic rings. The van der Waals surface area contributed by atoms with E-state index in [2.05, 4.69) is 265 Å².